The summed E-state index contributed by atoms with van der Waals surface area (Å²) in [6.45, 7) is 6.87. The topological polar surface area (TPSA) is 110 Å². The van der Waals surface area contributed by atoms with E-state index in [9.17, 15) is 18.0 Å². The third-order valence-electron chi connectivity index (χ3n) is 5.58. The molecule has 0 spiro atoms. The van der Waals surface area contributed by atoms with Crippen LogP contribution in [0, 0.1) is 5.92 Å². The van der Waals surface area contributed by atoms with Crippen LogP contribution in [0.4, 0.5) is 5.69 Å². The lowest BCUT2D eigenvalue weighted by Crippen LogP contribution is -2.53. The summed E-state index contributed by atoms with van der Waals surface area (Å²) < 4.78 is 32.1. The number of fused-ring (bicyclic) bond motifs is 1. The highest BCUT2D eigenvalue weighted by atomic mass is 32.2. The van der Waals surface area contributed by atoms with Gasteiger partial charge in [0.05, 0.1) is 18.5 Å². The second-order valence-electron chi connectivity index (χ2n) is 8.84. The number of ether oxygens (including phenoxy) is 1. The normalized spacial score (nSPS) is 20.8. The molecule has 0 aromatic heterocycles. The van der Waals surface area contributed by atoms with Crippen LogP contribution in [-0.2, 0) is 25.0 Å². The van der Waals surface area contributed by atoms with Crippen LogP contribution in [0.1, 0.15) is 39.2 Å². The first-order valence-electron chi connectivity index (χ1n) is 9.75. The average Bonchev–Trinajstić information content (AvgIpc) is 2.64. The predicted octanol–water partition coefficient (Wildman–Crippen LogP) is 1.24. The number of amides is 2. The molecule has 2 N–H and O–H groups in total. The van der Waals surface area contributed by atoms with Crippen molar-refractivity contribution in [1.29, 1.82) is 0 Å². The minimum absolute atomic E-state index is 0.0754. The lowest BCUT2D eigenvalue weighted by molar-refractivity contribution is -0.141. The number of anilines is 1. The molecule has 1 fully saturated rings. The maximum atomic E-state index is 13.0. The summed E-state index contributed by atoms with van der Waals surface area (Å²) in [5, 5.41) is 0. The quantitative estimate of drug-likeness (QED) is 0.786. The summed E-state index contributed by atoms with van der Waals surface area (Å²) >= 11 is 0. The Labute approximate surface area is 172 Å². The number of hydrogen-bond acceptors (Lipinski definition) is 5. The number of nitrogens with two attached hydrogens (primary N) is 1. The van der Waals surface area contributed by atoms with Crippen LogP contribution in [0.25, 0.3) is 0 Å². The fourth-order valence-corrected chi connectivity index (χ4v) is 4.65. The Kier molecular flexibility index (Phi) is 5.55. The van der Waals surface area contributed by atoms with E-state index in [1.807, 2.05) is 32.9 Å². The number of hydrogen-bond donors (Lipinski definition) is 1. The van der Waals surface area contributed by atoms with Gasteiger partial charge in [0.25, 0.3) is 5.91 Å². The van der Waals surface area contributed by atoms with Gasteiger partial charge in [-0.15, -0.1) is 0 Å². The Morgan fingerprint density at radius 3 is 2.31 bits per heavy atom. The number of nitrogens with zero attached hydrogens (tertiary/aromatic N) is 2. The third kappa shape index (κ3) is 4.49. The van der Waals surface area contributed by atoms with E-state index in [4.69, 9.17) is 10.5 Å². The van der Waals surface area contributed by atoms with E-state index in [2.05, 4.69) is 0 Å². The van der Waals surface area contributed by atoms with Crippen LogP contribution in [0.15, 0.2) is 18.2 Å². The molecule has 2 aliphatic rings. The van der Waals surface area contributed by atoms with Crippen molar-refractivity contribution >= 4 is 27.5 Å². The van der Waals surface area contributed by atoms with E-state index in [1.54, 1.807) is 11.0 Å². The molecular weight excluding hydrogens is 394 g/mol. The number of piperidine rings is 1. The van der Waals surface area contributed by atoms with Crippen LogP contribution >= 0.6 is 0 Å². The predicted molar refractivity (Wildman–Crippen MR) is 110 cm³/mol. The molecule has 2 amide bonds. The maximum Gasteiger partial charge on any atom is 0.265 e. The summed E-state index contributed by atoms with van der Waals surface area (Å²) in [6, 6.07) is 5.44. The zero-order chi connectivity index (χ0) is 21.6. The molecule has 1 atom stereocenters. The van der Waals surface area contributed by atoms with Crippen molar-refractivity contribution in [2.75, 3.05) is 30.2 Å². The van der Waals surface area contributed by atoms with Gasteiger partial charge in [-0.3, -0.25) is 13.9 Å². The highest BCUT2D eigenvalue weighted by Crippen LogP contribution is 2.39. The van der Waals surface area contributed by atoms with Crippen molar-refractivity contribution < 1.29 is 22.7 Å². The highest BCUT2D eigenvalue weighted by molar-refractivity contribution is 7.92. The van der Waals surface area contributed by atoms with Crippen molar-refractivity contribution in [2.45, 2.75) is 45.1 Å². The van der Waals surface area contributed by atoms with Gasteiger partial charge in [-0.1, -0.05) is 26.8 Å². The molecule has 29 heavy (non-hydrogen) atoms. The van der Waals surface area contributed by atoms with Crippen molar-refractivity contribution in [2.24, 2.45) is 11.7 Å². The van der Waals surface area contributed by atoms with Gasteiger partial charge in [-0.05, 0) is 36.0 Å². The molecule has 0 saturated carbocycles. The van der Waals surface area contributed by atoms with Gasteiger partial charge >= 0.3 is 0 Å². The number of primary amides is 1. The summed E-state index contributed by atoms with van der Waals surface area (Å²) in [7, 11) is -3.60. The maximum absolute atomic E-state index is 13.0. The molecule has 0 aliphatic carbocycles. The Hall–Kier alpha value is -2.29. The van der Waals surface area contributed by atoms with Crippen molar-refractivity contribution in [3.63, 3.8) is 0 Å². The SMILES string of the molecule is CC(C)(C)c1ccc2c(c1)N(S(C)(=O)=O)CC(C(=O)N1CCC(C(N)=O)CC1)O2. The molecule has 0 radical (unpaired) electrons. The van der Waals surface area contributed by atoms with E-state index < -0.39 is 16.1 Å². The van der Waals surface area contributed by atoms with Crippen LogP contribution in [0.2, 0.25) is 0 Å². The van der Waals surface area contributed by atoms with E-state index in [-0.39, 0.29) is 29.7 Å². The fourth-order valence-electron chi connectivity index (χ4n) is 3.75. The standard InChI is InChI=1S/C20H29N3O5S/c1-20(2,3)14-5-6-16-15(11-14)23(29(4,26)27)12-17(28-16)19(25)22-9-7-13(8-10-22)18(21)24/h5-6,11,13,17H,7-10,12H2,1-4H3,(H2,21,24). The molecular formula is C20H29N3O5S. The lowest BCUT2D eigenvalue weighted by Gasteiger charge is -2.38. The third-order valence-corrected chi connectivity index (χ3v) is 6.73. The van der Waals surface area contributed by atoms with Crippen molar-refractivity contribution in [1.82, 2.24) is 4.90 Å². The van der Waals surface area contributed by atoms with Gasteiger partial charge in [-0.2, -0.15) is 0 Å². The van der Waals surface area contributed by atoms with Crippen LogP contribution in [-0.4, -0.2) is 57.1 Å². The van der Waals surface area contributed by atoms with Gasteiger partial charge in [0.2, 0.25) is 15.9 Å². The van der Waals surface area contributed by atoms with E-state index >= 15 is 0 Å². The number of likely N-dealkylation sites (tertiary alicyclic amines) is 1. The van der Waals surface area contributed by atoms with Crippen LogP contribution < -0.4 is 14.8 Å². The van der Waals surface area contributed by atoms with Crippen molar-refractivity contribution in [3.8, 4) is 5.75 Å². The smallest absolute Gasteiger partial charge is 0.265 e. The van der Waals surface area contributed by atoms with E-state index in [1.165, 1.54) is 4.31 Å². The first kappa shape index (κ1) is 21.4. The van der Waals surface area contributed by atoms with Gasteiger partial charge in [0, 0.05) is 19.0 Å². The van der Waals surface area contributed by atoms with Crippen LogP contribution in [0.5, 0.6) is 5.75 Å². The molecule has 1 aromatic carbocycles. The van der Waals surface area contributed by atoms with E-state index in [0.29, 0.717) is 37.4 Å². The minimum Gasteiger partial charge on any atom is -0.476 e. The van der Waals surface area contributed by atoms with Crippen molar-refractivity contribution in [3.05, 3.63) is 23.8 Å². The molecule has 3 rings (SSSR count). The lowest BCUT2D eigenvalue weighted by atomic mass is 9.86. The zero-order valence-corrected chi connectivity index (χ0v) is 18.2. The molecule has 9 heteroatoms. The second kappa shape index (κ2) is 7.51. The van der Waals surface area contributed by atoms with Gasteiger partial charge < -0.3 is 15.4 Å². The Morgan fingerprint density at radius 2 is 1.79 bits per heavy atom. The minimum atomic E-state index is -3.60. The summed E-state index contributed by atoms with van der Waals surface area (Å²) in [5.74, 6) is -0.472. The monoisotopic (exact) mass is 423 g/mol. The Morgan fingerprint density at radius 1 is 1.17 bits per heavy atom. The molecule has 0 bridgehead atoms. The molecule has 1 unspecified atom stereocenters. The summed E-state index contributed by atoms with van der Waals surface area (Å²) in [5.41, 5.74) is 6.63. The first-order chi connectivity index (χ1) is 13.4. The average molecular weight is 424 g/mol. The molecule has 8 nitrogen and oxygen atoms in total. The molecule has 2 aliphatic heterocycles. The van der Waals surface area contributed by atoms with Gasteiger partial charge in [0.1, 0.15) is 5.75 Å². The molecule has 1 aromatic rings. The summed E-state index contributed by atoms with van der Waals surface area (Å²) in [4.78, 5) is 26.0. The Bertz CT molecular complexity index is 915. The largest absolute Gasteiger partial charge is 0.476 e. The van der Waals surface area contributed by atoms with Gasteiger partial charge in [-0.25, -0.2) is 8.42 Å². The Balaban J connectivity index is 1.86. The number of sulfonamides is 1. The molecule has 2 heterocycles. The van der Waals surface area contributed by atoms with Crippen LogP contribution in [0.3, 0.4) is 0 Å². The number of carbonyl (C=O) groups is 2. The first-order valence-corrected chi connectivity index (χ1v) is 11.6. The summed E-state index contributed by atoms with van der Waals surface area (Å²) in [6.07, 6.45) is 1.22. The second-order valence-corrected chi connectivity index (χ2v) is 10.7. The fraction of sp³-hybridized carbons (Fsp3) is 0.600. The number of carbonyl (C=O) groups excluding carboxylic acids is 2. The molecule has 1 saturated heterocycles. The van der Waals surface area contributed by atoms with Gasteiger partial charge in [0.15, 0.2) is 6.10 Å². The number of rotatable bonds is 3. The van der Waals surface area contributed by atoms with E-state index in [0.717, 1.165) is 11.8 Å². The molecule has 160 valence electrons. The number of benzene rings is 1. The zero-order valence-electron chi connectivity index (χ0n) is 17.3. The highest BCUT2D eigenvalue weighted by Gasteiger charge is 2.38.